The van der Waals surface area contributed by atoms with Gasteiger partial charge in [-0.15, -0.1) is 29.9 Å². The van der Waals surface area contributed by atoms with Crippen LogP contribution in [0.1, 0.15) is 10.6 Å². The summed E-state index contributed by atoms with van der Waals surface area (Å²) in [7, 11) is 0. The first-order chi connectivity index (χ1) is 4.74. The number of rotatable bonds is 1. The van der Waals surface area contributed by atoms with E-state index >= 15 is 0 Å². The van der Waals surface area contributed by atoms with Gasteiger partial charge in [0, 0.05) is 0 Å². The molecule has 1 aromatic heterocycles. The molecule has 0 saturated carbocycles. The van der Waals surface area contributed by atoms with Crippen LogP contribution < -0.4 is 17.0 Å². The molecule has 0 atom stereocenters. The number of aromatic amines is 1. The molecule has 7 nitrogen and oxygen atoms in total. The van der Waals surface area contributed by atoms with E-state index in [1.807, 2.05) is 5.43 Å². The van der Waals surface area contributed by atoms with Crippen LogP contribution in [0.2, 0.25) is 0 Å². The summed E-state index contributed by atoms with van der Waals surface area (Å²) in [6.45, 7) is 0. The van der Waals surface area contributed by atoms with E-state index in [2.05, 4.69) is 15.2 Å². The Kier molecular flexibility index (Phi) is 6.29. The van der Waals surface area contributed by atoms with E-state index in [4.69, 9.17) is 11.6 Å². The van der Waals surface area contributed by atoms with Crippen molar-refractivity contribution in [2.45, 2.75) is 0 Å². The van der Waals surface area contributed by atoms with Crippen LogP contribution in [0.25, 0.3) is 0 Å². The number of carbonyl (C=O) groups is 1. The second-order valence-corrected chi connectivity index (χ2v) is 1.52. The highest BCUT2D eigenvalue weighted by molar-refractivity contribution is 5.90. The van der Waals surface area contributed by atoms with Gasteiger partial charge in [0.15, 0.2) is 0 Å². The highest BCUT2D eigenvalue weighted by Gasteiger charge is 2.06. The van der Waals surface area contributed by atoms with Gasteiger partial charge in [0.1, 0.15) is 0 Å². The number of hydrogen-bond acceptors (Lipinski definition) is 5. The maximum atomic E-state index is 10.6. The molecule has 0 aliphatic carbocycles. The van der Waals surface area contributed by atoms with E-state index in [-0.39, 0.29) is 36.6 Å². The number of halogens is 2. The van der Waals surface area contributed by atoms with Gasteiger partial charge in [-0.1, -0.05) is 0 Å². The number of H-pyrrole nitrogens is 1. The van der Waals surface area contributed by atoms with Crippen LogP contribution in [0.5, 0.6) is 0 Å². The van der Waals surface area contributed by atoms with Crippen LogP contribution in [-0.4, -0.2) is 21.1 Å². The van der Waals surface area contributed by atoms with Gasteiger partial charge < -0.3 is 5.73 Å². The Morgan fingerprint density at radius 3 is 2.42 bits per heavy atom. The third-order valence-electron chi connectivity index (χ3n) is 0.849. The van der Waals surface area contributed by atoms with Crippen LogP contribution >= 0.6 is 24.8 Å². The third kappa shape index (κ3) is 2.91. The van der Waals surface area contributed by atoms with E-state index in [1.165, 1.54) is 0 Å². The topological polar surface area (TPSA) is 123 Å². The van der Waals surface area contributed by atoms with Gasteiger partial charge in [-0.25, -0.2) is 5.84 Å². The van der Waals surface area contributed by atoms with Crippen molar-refractivity contribution in [2.24, 2.45) is 5.84 Å². The fraction of sp³-hybridized carbons (Fsp3) is 0. The van der Waals surface area contributed by atoms with E-state index in [9.17, 15) is 4.79 Å². The Balaban J connectivity index is 0. The molecular weight excluding hydrogens is 207 g/mol. The number of nitrogens with two attached hydrogens (primary N) is 2. The Morgan fingerprint density at radius 1 is 1.50 bits per heavy atom. The molecule has 0 fully saturated rings. The molecule has 1 aromatic rings. The van der Waals surface area contributed by atoms with Crippen molar-refractivity contribution in [3.63, 3.8) is 0 Å². The van der Waals surface area contributed by atoms with Crippen LogP contribution in [0.15, 0.2) is 0 Å². The van der Waals surface area contributed by atoms with Crippen molar-refractivity contribution < 1.29 is 4.79 Å². The zero-order valence-corrected chi connectivity index (χ0v) is 7.41. The summed E-state index contributed by atoms with van der Waals surface area (Å²) in [4.78, 5) is 14.1. The first-order valence-electron chi connectivity index (χ1n) is 2.43. The van der Waals surface area contributed by atoms with E-state index in [0.29, 0.717) is 0 Å². The Morgan fingerprint density at radius 2 is 2.08 bits per heavy atom. The van der Waals surface area contributed by atoms with Crippen LogP contribution in [-0.2, 0) is 0 Å². The predicted molar refractivity (Wildman–Crippen MR) is 46.9 cm³/mol. The Bertz CT molecular complexity index is 249. The molecule has 0 spiro atoms. The molecule has 0 bridgehead atoms. The first kappa shape index (κ1) is 13.5. The average molecular weight is 215 g/mol. The van der Waals surface area contributed by atoms with Gasteiger partial charge in [0.2, 0.25) is 11.8 Å². The van der Waals surface area contributed by atoms with Crippen molar-refractivity contribution in [1.82, 2.24) is 20.6 Å². The van der Waals surface area contributed by atoms with Crippen molar-refractivity contribution in [3.8, 4) is 0 Å². The second-order valence-electron chi connectivity index (χ2n) is 1.52. The van der Waals surface area contributed by atoms with Crippen LogP contribution in [0, 0.1) is 0 Å². The minimum absolute atomic E-state index is 0. The standard InChI is InChI=1S/C3H6N6O.2ClH/c4-3-6-1(8-9-3)2(10)7-5;;/h5H2,(H,7,10)(H3,4,6,8,9);2*1H. The lowest BCUT2D eigenvalue weighted by Crippen LogP contribution is -2.30. The number of nitrogens with zero attached hydrogens (tertiary/aromatic N) is 2. The molecule has 0 aliphatic rings. The molecule has 0 radical (unpaired) electrons. The number of hydrazine groups is 1. The molecule has 70 valence electrons. The van der Waals surface area contributed by atoms with Crippen molar-refractivity contribution >= 4 is 36.7 Å². The summed E-state index contributed by atoms with van der Waals surface area (Å²) in [6.07, 6.45) is 0. The minimum atomic E-state index is -0.552. The number of carbonyl (C=O) groups excluding carboxylic acids is 1. The summed E-state index contributed by atoms with van der Waals surface area (Å²) in [5, 5.41) is 5.69. The van der Waals surface area contributed by atoms with Crippen LogP contribution in [0.4, 0.5) is 5.95 Å². The van der Waals surface area contributed by atoms with Gasteiger partial charge in [0.25, 0.3) is 0 Å². The smallest absolute Gasteiger partial charge is 0.302 e. The molecular formula is C3H8Cl2N6O. The Labute approximate surface area is 80.1 Å². The number of anilines is 1. The molecule has 0 aliphatic heterocycles. The van der Waals surface area contributed by atoms with Crippen molar-refractivity contribution in [3.05, 3.63) is 5.82 Å². The lowest BCUT2D eigenvalue weighted by atomic mass is 10.6. The summed E-state index contributed by atoms with van der Waals surface area (Å²) < 4.78 is 0. The van der Waals surface area contributed by atoms with Crippen molar-refractivity contribution in [1.29, 1.82) is 0 Å². The maximum absolute atomic E-state index is 10.6. The zero-order chi connectivity index (χ0) is 7.56. The molecule has 1 amide bonds. The number of nitrogen functional groups attached to an aromatic ring is 2. The maximum Gasteiger partial charge on any atom is 0.302 e. The molecule has 1 rings (SSSR count). The predicted octanol–water partition coefficient (Wildman–Crippen LogP) is -1.17. The normalized spacial score (nSPS) is 7.75. The second kappa shape index (κ2) is 5.58. The van der Waals surface area contributed by atoms with Gasteiger partial charge in [-0.3, -0.25) is 15.3 Å². The summed E-state index contributed by atoms with van der Waals surface area (Å²) in [5.74, 6) is 4.25. The molecule has 0 aromatic carbocycles. The molecule has 0 saturated heterocycles. The number of aromatic nitrogens is 3. The third-order valence-corrected chi connectivity index (χ3v) is 0.849. The average Bonchev–Trinajstić information content (AvgIpc) is 2.34. The number of hydrogen-bond donors (Lipinski definition) is 4. The summed E-state index contributed by atoms with van der Waals surface area (Å²) in [5.41, 5.74) is 6.96. The largest absolute Gasteiger partial charge is 0.366 e. The number of nitrogens with one attached hydrogen (secondary N) is 2. The summed E-state index contributed by atoms with van der Waals surface area (Å²) >= 11 is 0. The van der Waals surface area contributed by atoms with Crippen molar-refractivity contribution in [2.75, 3.05) is 5.73 Å². The lowest BCUT2D eigenvalue weighted by molar-refractivity contribution is 0.0944. The van der Waals surface area contributed by atoms with Gasteiger partial charge in [-0.05, 0) is 0 Å². The quantitative estimate of drug-likeness (QED) is 0.267. The van der Waals surface area contributed by atoms with E-state index < -0.39 is 5.91 Å². The van der Waals surface area contributed by atoms with Gasteiger partial charge in [-0.2, -0.15) is 4.98 Å². The number of amides is 1. The highest BCUT2D eigenvalue weighted by Crippen LogP contribution is 1.90. The monoisotopic (exact) mass is 214 g/mol. The molecule has 6 N–H and O–H groups in total. The molecule has 9 heteroatoms. The zero-order valence-electron chi connectivity index (χ0n) is 5.77. The SMILES string of the molecule is Cl.Cl.NNC(=O)c1nc(N)n[nH]1. The highest BCUT2D eigenvalue weighted by atomic mass is 35.5. The molecule has 1 heterocycles. The minimum Gasteiger partial charge on any atom is -0.366 e. The fourth-order valence-electron chi connectivity index (χ4n) is 0.445. The lowest BCUT2D eigenvalue weighted by Gasteiger charge is -1.89. The summed E-state index contributed by atoms with van der Waals surface area (Å²) in [6, 6.07) is 0. The molecule has 12 heavy (non-hydrogen) atoms. The van der Waals surface area contributed by atoms with Gasteiger partial charge >= 0.3 is 5.91 Å². The fourth-order valence-corrected chi connectivity index (χ4v) is 0.445. The van der Waals surface area contributed by atoms with Crippen LogP contribution in [0.3, 0.4) is 0 Å². The van der Waals surface area contributed by atoms with E-state index in [0.717, 1.165) is 0 Å². The van der Waals surface area contributed by atoms with Gasteiger partial charge in [0.05, 0.1) is 0 Å². The molecule has 0 unspecified atom stereocenters. The Hall–Kier alpha value is -1.05. The first-order valence-corrected chi connectivity index (χ1v) is 2.43. The van der Waals surface area contributed by atoms with E-state index in [1.54, 1.807) is 0 Å².